The number of terminal acetylenes is 1. The van der Waals surface area contributed by atoms with Gasteiger partial charge in [-0.05, 0) is 24.3 Å². The zero-order chi connectivity index (χ0) is 19.8. The molecule has 0 spiro atoms. The van der Waals surface area contributed by atoms with E-state index in [4.69, 9.17) is 11.6 Å². The van der Waals surface area contributed by atoms with Crippen LogP contribution in [-0.2, 0) is 16.6 Å². The van der Waals surface area contributed by atoms with Crippen LogP contribution in [0.3, 0.4) is 0 Å². The molecule has 2 N–H and O–H groups in total. The molecule has 0 aliphatic rings. The molecule has 1 aromatic carbocycles. The normalized spacial score (nSPS) is 12.2. The molecule has 0 saturated heterocycles. The highest BCUT2D eigenvalue weighted by Crippen LogP contribution is 2.25. The van der Waals surface area contributed by atoms with E-state index in [1.807, 2.05) is 0 Å². The Morgan fingerprint density at radius 1 is 1.37 bits per heavy atom. The monoisotopic (exact) mass is 420 g/mol. The van der Waals surface area contributed by atoms with Gasteiger partial charge in [0, 0.05) is 6.07 Å². The minimum Gasteiger partial charge on any atom is -0.618 e. The van der Waals surface area contributed by atoms with Crippen LogP contribution in [0.5, 0.6) is 0 Å². The van der Waals surface area contributed by atoms with Crippen LogP contribution >= 0.6 is 22.7 Å². The standard InChI is InChI=1S/C16H12N4O4S3/c1-3-8-20-11-5-4-10(27(17,23)24)9-13(11)26-16(20)18-15(21)12-6-7-14(25-12)19(2)22/h1,4-7,9H,2,8H2,(H2,17,23,24)/b18-16-. The third-order valence-corrected chi connectivity index (χ3v) is 6.51. The molecule has 0 aliphatic heterocycles. The van der Waals surface area contributed by atoms with E-state index in [0.29, 0.717) is 19.8 Å². The Morgan fingerprint density at radius 3 is 2.70 bits per heavy atom. The van der Waals surface area contributed by atoms with Gasteiger partial charge in [-0.1, -0.05) is 28.6 Å². The van der Waals surface area contributed by atoms with Crippen LogP contribution in [0.4, 0.5) is 5.00 Å². The maximum atomic E-state index is 12.4. The first-order chi connectivity index (χ1) is 12.7. The summed E-state index contributed by atoms with van der Waals surface area (Å²) >= 11 is 2.08. The van der Waals surface area contributed by atoms with Gasteiger partial charge in [-0.3, -0.25) is 4.79 Å². The number of aromatic nitrogens is 1. The van der Waals surface area contributed by atoms with Crippen molar-refractivity contribution in [3.05, 3.63) is 45.2 Å². The number of nitrogens with zero attached hydrogens (tertiary/aromatic N) is 3. The molecule has 0 bridgehead atoms. The molecular weight excluding hydrogens is 408 g/mol. The summed E-state index contributed by atoms with van der Waals surface area (Å²) < 4.78 is 25.7. The van der Waals surface area contributed by atoms with E-state index < -0.39 is 15.9 Å². The summed E-state index contributed by atoms with van der Waals surface area (Å²) in [6.07, 6.45) is 5.40. The van der Waals surface area contributed by atoms with Crippen molar-refractivity contribution in [3.8, 4) is 12.3 Å². The van der Waals surface area contributed by atoms with Gasteiger partial charge in [0.1, 0.15) is 11.6 Å². The highest BCUT2D eigenvalue weighted by molar-refractivity contribution is 7.89. The number of carbonyl (C=O) groups is 1. The number of hydrogen-bond donors (Lipinski definition) is 1. The van der Waals surface area contributed by atoms with Crippen LogP contribution in [-0.4, -0.2) is 30.3 Å². The van der Waals surface area contributed by atoms with Crippen LogP contribution in [0, 0.1) is 17.6 Å². The fourth-order valence-electron chi connectivity index (χ4n) is 2.28. The lowest BCUT2D eigenvalue weighted by Gasteiger charge is -2.01. The first kappa shape index (κ1) is 19.0. The van der Waals surface area contributed by atoms with Gasteiger partial charge in [-0.25, -0.2) is 13.6 Å². The SMILES string of the molecule is C#CCn1/c(=N/C(=O)c2ccc([N+](=C)[O-])s2)sc2cc(S(N)(=O)=O)ccc21. The Bertz CT molecular complexity index is 1290. The van der Waals surface area contributed by atoms with Crippen molar-refractivity contribution in [2.45, 2.75) is 11.4 Å². The number of rotatable bonds is 4. The minimum absolute atomic E-state index is 0.0455. The van der Waals surface area contributed by atoms with Crippen molar-refractivity contribution < 1.29 is 18.0 Å². The van der Waals surface area contributed by atoms with E-state index in [2.05, 4.69) is 17.6 Å². The summed E-state index contributed by atoms with van der Waals surface area (Å²) in [4.78, 5) is 17.1. The van der Waals surface area contributed by atoms with Crippen LogP contribution in [0.2, 0.25) is 0 Å². The summed E-state index contributed by atoms with van der Waals surface area (Å²) in [6, 6.07) is 7.30. The second-order valence-corrected chi connectivity index (χ2v) is 8.92. The van der Waals surface area contributed by atoms with E-state index >= 15 is 0 Å². The molecule has 0 radical (unpaired) electrons. The number of thiazole rings is 1. The molecule has 0 atom stereocenters. The largest absolute Gasteiger partial charge is 0.618 e. The summed E-state index contributed by atoms with van der Waals surface area (Å²) in [6.45, 7) is 3.37. The number of sulfonamides is 1. The lowest BCUT2D eigenvalue weighted by Crippen LogP contribution is -2.16. The fourth-order valence-corrected chi connectivity index (χ4v) is 4.69. The van der Waals surface area contributed by atoms with Crippen molar-refractivity contribution in [1.82, 2.24) is 4.57 Å². The van der Waals surface area contributed by atoms with Crippen LogP contribution < -0.4 is 9.94 Å². The lowest BCUT2D eigenvalue weighted by molar-refractivity contribution is -0.344. The van der Waals surface area contributed by atoms with E-state index in [1.165, 1.54) is 24.3 Å². The van der Waals surface area contributed by atoms with Crippen molar-refractivity contribution in [2.75, 3.05) is 0 Å². The van der Waals surface area contributed by atoms with Crippen molar-refractivity contribution in [2.24, 2.45) is 10.1 Å². The molecule has 1 amide bonds. The molecule has 0 saturated carbocycles. The summed E-state index contributed by atoms with van der Waals surface area (Å²) in [5.41, 5.74) is 0.632. The molecule has 138 valence electrons. The number of hydrogen-bond acceptors (Lipinski definition) is 6. The first-order valence-electron chi connectivity index (χ1n) is 7.27. The lowest BCUT2D eigenvalue weighted by atomic mass is 10.3. The molecule has 0 fully saturated rings. The molecule has 8 nitrogen and oxygen atoms in total. The number of fused-ring (bicyclic) bond motifs is 1. The average molecular weight is 420 g/mol. The van der Waals surface area contributed by atoms with Crippen LogP contribution in [0.15, 0.2) is 40.2 Å². The van der Waals surface area contributed by atoms with Gasteiger partial charge in [0.05, 0.1) is 21.7 Å². The molecule has 27 heavy (non-hydrogen) atoms. The van der Waals surface area contributed by atoms with E-state index in [1.54, 1.807) is 10.6 Å². The van der Waals surface area contributed by atoms with Gasteiger partial charge in [-0.2, -0.15) is 9.73 Å². The van der Waals surface area contributed by atoms with Gasteiger partial charge in [0.25, 0.3) is 10.9 Å². The third kappa shape index (κ3) is 3.83. The Kier molecular flexibility index (Phi) is 4.99. The maximum absolute atomic E-state index is 12.4. The number of nitrogens with two attached hydrogens (primary N) is 1. The molecular formula is C16H12N4O4S3. The number of thiophene rings is 1. The predicted octanol–water partition coefficient (Wildman–Crippen LogP) is 1.63. The van der Waals surface area contributed by atoms with E-state index in [9.17, 15) is 18.4 Å². The Hall–Kier alpha value is -2.78. The highest BCUT2D eigenvalue weighted by atomic mass is 32.2. The summed E-state index contributed by atoms with van der Waals surface area (Å²) in [5, 5.41) is 16.6. The maximum Gasteiger partial charge on any atom is 0.289 e. The quantitative estimate of drug-likeness (QED) is 0.227. The van der Waals surface area contributed by atoms with Crippen molar-refractivity contribution in [3.63, 3.8) is 0 Å². The predicted molar refractivity (Wildman–Crippen MR) is 105 cm³/mol. The highest BCUT2D eigenvalue weighted by Gasteiger charge is 2.15. The summed E-state index contributed by atoms with van der Waals surface area (Å²) in [5.74, 6) is 1.94. The summed E-state index contributed by atoms with van der Waals surface area (Å²) in [7, 11) is -3.86. The molecule has 11 heteroatoms. The van der Waals surface area contributed by atoms with Gasteiger partial charge in [0.15, 0.2) is 4.80 Å². The zero-order valence-electron chi connectivity index (χ0n) is 13.7. The van der Waals surface area contributed by atoms with E-state index in [-0.39, 0.29) is 21.3 Å². The number of carbonyl (C=O) groups excluding carboxylic acids is 1. The molecule has 0 aliphatic carbocycles. The fraction of sp³-hybridized carbons (Fsp3) is 0.0625. The molecule has 0 unspecified atom stereocenters. The Labute approximate surface area is 162 Å². The minimum atomic E-state index is -3.86. The van der Waals surface area contributed by atoms with E-state index in [0.717, 1.165) is 22.7 Å². The Balaban J connectivity index is 2.15. The van der Waals surface area contributed by atoms with Gasteiger partial charge in [0.2, 0.25) is 10.0 Å². The van der Waals surface area contributed by atoms with Crippen LogP contribution in [0.25, 0.3) is 10.2 Å². The van der Waals surface area contributed by atoms with Gasteiger partial charge < -0.3 is 9.77 Å². The number of amides is 1. The first-order valence-corrected chi connectivity index (χ1v) is 10.4. The number of primary sulfonamides is 1. The molecule has 2 aromatic heterocycles. The smallest absolute Gasteiger partial charge is 0.289 e. The topological polar surface area (TPSA) is 121 Å². The average Bonchev–Trinajstić information content (AvgIpc) is 3.20. The zero-order valence-corrected chi connectivity index (χ0v) is 16.1. The van der Waals surface area contributed by atoms with Gasteiger partial charge >= 0.3 is 0 Å². The molecule has 2 heterocycles. The van der Waals surface area contributed by atoms with Gasteiger partial charge in [-0.15, -0.1) is 6.42 Å². The molecule has 3 aromatic rings. The van der Waals surface area contributed by atoms with Crippen molar-refractivity contribution >= 4 is 60.5 Å². The second kappa shape index (κ2) is 7.09. The third-order valence-electron chi connectivity index (χ3n) is 3.48. The molecule has 3 rings (SSSR count). The Morgan fingerprint density at radius 2 is 2.11 bits per heavy atom. The van der Waals surface area contributed by atoms with Crippen LogP contribution in [0.1, 0.15) is 9.67 Å². The van der Waals surface area contributed by atoms with Crippen molar-refractivity contribution in [1.29, 1.82) is 0 Å². The second-order valence-electron chi connectivity index (χ2n) is 5.28. The number of benzene rings is 1.